The molecule has 0 aliphatic carbocycles. The fraction of sp³-hybridized carbons (Fsp3) is 0.333. The van der Waals surface area contributed by atoms with Crippen LogP contribution in [0.15, 0.2) is 42.5 Å². The predicted octanol–water partition coefficient (Wildman–Crippen LogP) is 3.71. The van der Waals surface area contributed by atoms with Gasteiger partial charge in [0.05, 0.1) is 9.85 Å². The van der Waals surface area contributed by atoms with Crippen molar-refractivity contribution >= 4 is 11.4 Å². The Labute approximate surface area is 145 Å². The lowest BCUT2D eigenvalue weighted by Gasteiger charge is -2.23. The SMILES string of the molecule is O=[N+]([O-])c1ccc(-c2ccccc2CC2CCNCC2)cc1[N+](=O)[O-]. The Balaban J connectivity index is 1.97. The predicted molar refractivity (Wildman–Crippen MR) is 94.5 cm³/mol. The van der Waals surface area contributed by atoms with Gasteiger partial charge in [-0.3, -0.25) is 20.2 Å². The monoisotopic (exact) mass is 341 g/mol. The Bertz CT molecular complexity index is 801. The van der Waals surface area contributed by atoms with E-state index >= 15 is 0 Å². The zero-order chi connectivity index (χ0) is 17.8. The maximum atomic E-state index is 11.2. The van der Waals surface area contributed by atoms with Crippen LogP contribution in [0.3, 0.4) is 0 Å². The third-order valence-electron chi connectivity index (χ3n) is 4.66. The van der Waals surface area contributed by atoms with E-state index < -0.39 is 21.2 Å². The first-order valence-electron chi connectivity index (χ1n) is 8.28. The van der Waals surface area contributed by atoms with Crippen molar-refractivity contribution in [3.8, 4) is 11.1 Å². The molecule has 3 rings (SSSR count). The number of nitrogens with one attached hydrogen (secondary N) is 1. The largest absolute Gasteiger partial charge is 0.346 e. The van der Waals surface area contributed by atoms with Gasteiger partial charge in [-0.25, -0.2) is 0 Å². The normalized spacial score (nSPS) is 15.0. The van der Waals surface area contributed by atoms with Crippen LogP contribution in [0.25, 0.3) is 11.1 Å². The van der Waals surface area contributed by atoms with Crippen molar-refractivity contribution in [2.75, 3.05) is 13.1 Å². The van der Waals surface area contributed by atoms with Crippen molar-refractivity contribution in [2.24, 2.45) is 5.92 Å². The van der Waals surface area contributed by atoms with E-state index in [0.29, 0.717) is 11.5 Å². The molecule has 130 valence electrons. The van der Waals surface area contributed by atoms with Gasteiger partial charge in [-0.15, -0.1) is 0 Å². The quantitative estimate of drug-likeness (QED) is 0.660. The average Bonchev–Trinajstić information content (AvgIpc) is 2.62. The number of nitrogens with zero attached hydrogens (tertiary/aromatic N) is 2. The van der Waals surface area contributed by atoms with Crippen molar-refractivity contribution in [1.29, 1.82) is 0 Å². The summed E-state index contributed by atoms with van der Waals surface area (Å²) in [5.74, 6) is 0.579. The van der Waals surface area contributed by atoms with Gasteiger partial charge in [0.2, 0.25) is 0 Å². The van der Waals surface area contributed by atoms with E-state index in [1.165, 1.54) is 12.1 Å². The maximum Gasteiger partial charge on any atom is 0.346 e. The van der Waals surface area contributed by atoms with Crippen LogP contribution in [0.5, 0.6) is 0 Å². The molecule has 0 amide bonds. The van der Waals surface area contributed by atoms with Gasteiger partial charge in [0.25, 0.3) is 0 Å². The summed E-state index contributed by atoms with van der Waals surface area (Å²) >= 11 is 0. The minimum atomic E-state index is -0.719. The lowest BCUT2D eigenvalue weighted by atomic mass is 9.87. The van der Waals surface area contributed by atoms with Crippen LogP contribution < -0.4 is 5.32 Å². The first-order chi connectivity index (χ1) is 12.1. The molecule has 1 heterocycles. The second-order valence-corrected chi connectivity index (χ2v) is 6.27. The molecule has 0 spiro atoms. The number of hydrogen-bond donors (Lipinski definition) is 1. The summed E-state index contributed by atoms with van der Waals surface area (Å²) in [5, 5.41) is 25.5. The zero-order valence-corrected chi connectivity index (χ0v) is 13.7. The standard InChI is InChI=1S/C18H19N3O4/c22-20(23)17-6-5-15(12-18(17)21(24)25)16-4-2-1-3-14(16)11-13-7-9-19-10-8-13/h1-6,12-13,19H,7-11H2. The van der Waals surface area contributed by atoms with Gasteiger partial charge in [0.15, 0.2) is 0 Å². The fourth-order valence-corrected chi connectivity index (χ4v) is 3.37. The molecule has 7 heteroatoms. The molecule has 25 heavy (non-hydrogen) atoms. The molecule has 0 atom stereocenters. The summed E-state index contributed by atoms with van der Waals surface area (Å²) in [4.78, 5) is 20.8. The highest BCUT2D eigenvalue weighted by Crippen LogP contribution is 2.34. The molecule has 1 N–H and O–H groups in total. The smallest absolute Gasteiger partial charge is 0.317 e. The first-order valence-corrected chi connectivity index (χ1v) is 8.28. The van der Waals surface area contributed by atoms with E-state index in [2.05, 4.69) is 5.32 Å². The number of benzene rings is 2. The molecule has 2 aromatic carbocycles. The molecule has 0 saturated carbocycles. The molecule has 2 aromatic rings. The van der Waals surface area contributed by atoms with Crippen molar-refractivity contribution in [3.63, 3.8) is 0 Å². The fourth-order valence-electron chi connectivity index (χ4n) is 3.37. The zero-order valence-electron chi connectivity index (χ0n) is 13.7. The molecular weight excluding hydrogens is 322 g/mol. The highest BCUT2D eigenvalue weighted by Gasteiger charge is 2.25. The maximum absolute atomic E-state index is 11.2. The van der Waals surface area contributed by atoms with Crippen LogP contribution in [0.4, 0.5) is 11.4 Å². The number of nitro groups is 2. The van der Waals surface area contributed by atoms with Crippen molar-refractivity contribution in [2.45, 2.75) is 19.3 Å². The van der Waals surface area contributed by atoms with Crippen molar-refractivity contribution in [1.82, 2.24) is 5.32 Å². The highest BCUT2D eigenvalue weighted by molar-refractivity contribution is 5.73. The Hall–Kier alpha value is -2.80. The van der Waals surface area contributed by atoms with Gasteiger partial charge < -0.3 is 5.32 Å². The minimum absolute atomic E-state index is 0.473. The molecule has 1 aliphatic heterocycles. The molecular formula is C18H19N3O4. The van der Waals surface area contributed by atoms with Gasteiger partial charge in [-0.05, 0) is 61.0 Å². The summed E-state index contributed by atoms with van der Waals surface area (Å²) in [6.45, 7) is 2.02. The van der Waals surface area contributed by atoms with Crippen LogP contribution in [0.1, 0.15) is 18.4 Å². The number of hydrogen-bond acceptors (Lipinski definition) is 5. The van der Waals surface area contributed by atoms with Gasteiger partial charge >= 0.3 is 11.4 Å². The molecule has 7 nitrogen and oxygen atoms in total. The number of rotatable bonds is 5. The van der Waals surface area contributed by atoms with E-state index in [9.17, 15) is 20.2 Å². The second-order valence-electron chi connectivity index (χ2n) is 6.27. The Morgan fingerprint density at radius 3 is 2.32 bits per heavy atom. The van der Waals surface area contributed by atoms with E-state index in [1.54, 1.807) is 6.07 Å². The van der Waals surface area contributed by atoms with Crippen molar-refractivity contribution in [3.05, 3.63) is 68.3 Å². The third-order valence-corrected chi connectivity index (χ3v) is 4.66. The summed E-state index contributed by atoms with van der Waals surface area (Å²) in [6, 6.07) is 11.9. The average molecular weight is 341 g/mol. The molecule has 0 aromatic heterocycles. The van der Waals surface area contributed by atoms with Gasteiger partial charge in [0, 0.05) is 12.1 Å². The third kappa shape index (κ3) is 3.83. The Morgan fingerprint density at radius 1 is 0.960 bits per heavy atom. The molecule has 1 fully saturated rings. The van der Waals surface area contributed by atoms with Crippen LogP contribution in [-0.2, 0) is 6.42 Å². The molecule has 0 unspecified atom stereocenters. The molecule has 1 aliphatic rings. The lowest BCUT2D eigenvalue weighted by molar-refractivity contribution is -0.422. The summed E-state index contributed by atoms with van der Waals surface area (Å²) in [7, 11) is 0. The number of piperidine rings is 1. The highest BCUT2D eigenvalue weighted by atomic mass is 16.6. The summed E-state index contributed by atoms with van der Waals surface area (Å²) < 4.78 is 0. The Kier molecular flexibility index (Phi) is 5.04. The van der Waals surface area contributed by atoms with Gasteiger partial charge in [0.1, 0.15) is 0 Å². The van der Waals surface area contributed by atoms with Gasteiger partial charge in [-0.1, -0.05) is 24.3 Å². The topological polar surface area (TPSA) is 98.3 Å². The van der Waals surface area contributed by atoms with Crippen molar-refractivity contribution < 1.29 is 9.85 Å². The molecule has 1 saturated heterocycles. The van der Waals surface area contributed by atoms with Crippen LogP contribution >= 0.6 is 0 Å². The second kappa shape index (κ2) is 7.40. The minimum Gasteiger partial charge on any atom is -0.317 e. The van der Waals surface area contributed by atoms with E-state index in [4.69, 9.17) is 0 Å². The summed E-state index contributed by atoms with van der Waals surface area (Å²) in [5.41, 5.74) is 1.71. The van der Waals surface area contributed by atoms with Gasteiger partial charge in [-0.2, -0.15) is 0 Å². The Morgan fingerprint density at radius 2 is 1.64 bits per heavy atom. The summed E-state index contributed by atoms with van der Waals surface area (Å²) in [6.07, 6.45) is 3.12. The van der Waals surface area contributed by atoms with E-state index in [1.807, 2.05) is 24.3 Å². The first kappa shape index (κ1) is 17.0. The number of nitro benzene ring substituents is 2. The molecule has 0 bridgehead atoms. The molecule has 0 radical (unpaired) electrons. The van der Waals surface area contributed by atoms with E-state index in [0.717, 1.165) is 43.5 Å². The van der Waals surface area contributed by atoms with Crippen LogP contribution in [-0.4, -0.2) is 22.9 Å². The lowest BCUT2D eigenvalue weighted by Crippen LogP contribution is -2.28. The van der Waals surface area contributed by atoms with Crippen LogP contribution in [0.2, 0.25) is 0 Å². The van der Waals surface area contributed by atoms with Crippen LogP contribution in [0, 0.1) is 26.1 Å². The van der Waals surface area contributed by atoms with E-state index in [-0.39, 0.29) is 0 Å².